The van der Waals surface area contributed by atoms with Crippen LogP contribution in [0.3, 0.4) is 0 Å². The van der Waals surface area contributed by atoms with Crippen molar-refractivity contribution in [2.45, 2.75) is 12.8 Å². The molecular formula is C16H16N2O3S. The standard InChI is InChI=1S/C16H16N2O3S/c19-14(17-8-4-5-9-17)11-18-15(20)13(22-16(18)21)10-12-6-2-1-3-7-12/h1-3,6-7,10H,4-5,8-9,11H2/b13-10+. The Morgan fingerprint density at radius 1 is 1.14 bits per heavy atom. The van der Waals surface area contributed by atoms with Gasteiger partial charge in [-0.15, -0.1) is 0 Å². The minimum absolute atomic E-state index is 0.152. The first kappa shape index (κ1) is 14.8. The van der Waals surface area contributed by atoms with E-state index < -0.39 is 0 Å². The Hall–Kier alpha value is -2.08. The highest BCUT2D eigenvalue weighted by atomic mass is 32.2. The molecule has 0 N–H and O–H groups in total. The Labute approximate surface area is 133 Å². The second kappa shape index (κ2) is 6.36. The number of carbonyl (C=O) groups is 3. The fourth-order valence-electron chi connectivity index (χ4n) is 2.54. The predicted molar refractivity (Wildman–Crippen MR) is 84.9 cm³/mol. The highest BCUT2D eigenvalue weighted by Crippen LogP contribution is 2.32. The van der Waals surface area contributed by atoms with Crippen LogP contribution >= 0.6 is 11.8 Å². The van der Waals surface area contributed by atoms with Crippen LogP contribution in [-0.2, 0) is 9.59 Å². The smallest absolute Gasteiger partial charge is 0.294 e. The number of carbonyl (C=O) groups excluding carboxylic acids is 3. The van der Waals surface area contributed by atoms with Crippen molar-refractivity contribution in [3.8, 4) is 0 Å². The third-order valence-corrected chi connectivity index (χ3v) is 4.63. The summed E-state index contributed by atoms with van der Waals surface area (Å²) in [6, 6.07) is 9.35. The van der Waals surface area contributed by atoms with Gasteiger partial charge in [0.2, 0.25) is 5.91 Å². The molecule has 0 saturated carbocycles. The van der Waals surface area contributed by atoms with Crippen molar-refractivity contribution in [1.82, 2.24) is 9.80 Å². The molecule has 0 radical (unpaired) electrons. The second-order valence-electron chi connectivity index (χ2n) is 5.27. The fourth-order valence-corrected chi connectivity index (χ4v) is 3.38. The molecule has 0 aliphatic carbocycles. The maximum atomic E-state index is 12.3. The van der Waals surface area contributed by atoms with Gasteiger partial charge in [-0.25, -0.2) is 0 Å². The molecule has 2 saturated heterocycles. The van der Waals surface area contributed by atoms with E-state index in [0.717, 1.165) is 48.2 Å². The molecule has 0 aromatic heterocycles. The lowest BCUT2D eigenvalue weighted by atomic mass is 10.2. The SMILES string of the molecule is O=C(CN1C(=O)S/C(=C/c2ccccc2)C1=O)N1CCCC1. The molecular weight excluding hydrogens is 300 g/mol. The average Bonchev–Trinajstić information content (AvgIpc) is 3.13. The van der Waals surface area contributed by atoms with Crippen LogP contribution in [0.1, 0.15) is 18.4 Å². The molecule has 0 spiro atoms. The molecule has 0 bridgehead atoms. The minimum atomic E-state index is -0.383. The number of thioether (sulfide) groups is 1. The molecule has 22 heavy (non-hydrogen) atoms. The van der Waals surface area contributed by atoms with Crippen LogP contribution in [-0.4, -0.2) is 46.5 Å². The zero-order valence-corrected chi connectivity index (χ0v) is 12.8. The van der Waals surface area contributed by atoms with Crippen molar-refractivity contribution < 1.29 is 14.4 Å². The summed E-state index contributed by atoms with van der Waals surface area (Å²) in [4.78, 5) is 39.5. The third kappa shape index (κ3) is 3.06. The zero-order valence-electron chi connectivity index (χ0n) is 12.0. The van der Waals surface area contributed by atoms with Gasteiger partial charge in [0.25, 0.3) is 11.1 Å². The summed E-state index contributed by atoms with van der Waals surface area (Å²) < 4.78 is 0. The molecule has 2 fully saturated rings. The lowest BCUT2D eigenvalue weighted by molar-refractivity contribution is -0.135. The van der Waals surface area contributed by atoms with Gasteiger partial charge in [-0.2, -0.15) is 0 Å². The van der Waals surface area contributed by atoms with E-state index in [0.29, 0.717) is 4.91 Å². The number of hydrogen-bond acceptors (Lipinski definition) is 4. The molecule has 6 heteroatoms. The highest BCUT2D eigenvalue weighted by molar-refractivity contribution is 8.18. The average molecular weight is 316 g/mol. The van der Waals surface area contributed by atoms with Crippen molar-refractivity contribution in [2.24, 2.45) is 0 Å². The Kier molecular flexibility index (Phi) is 4.29. The van der Waals surface area contributed by atoms with Gasteiger partial charge in [-0.05, 0) is 36.2 Å². The van der Waals surface area contributed by atoms with E-state index in [1.807, 2.05) is 30.3 Å². The quantitative estimate of drug-likeness (QED) is 0.803. The Bertz CT molecular complexity index is 636. The summed E-state index contributed by atoms with van der Waals surface area (Å²) in [5, 5.41) is -0.375. The van der Waals surface area contributed by atoms with Gasteiger partial charge >= 0.3 is 0 Å². The Balaban J connectivity index is 1.71. The van der Waals surface area contributed by atoms with E-state index >= 15 is 0 Å². The monoisotopic (exact) mass is 316 g/mol. The second-order valence-corrected chi connectivity index (χ2v) is 6.26. The molecule has 2 aliphatic heterocycles. The molecule has 0 unspecified atom stereocenters. The van der Waals surface area contributed by atoms with Gasteiger partial charge in [0, 0.05) is 13.1 Å². The number of likely N-dealkylation sites (tertiary alicyclic amines) is 1. The van der Waals surface area contributed by atoms with Gasteiger partial charge in [-0.1, -0.05) is 30.3 Å². The number of nitrogens with zero attached hydrogens (tertiary/aromatic N) is 2. The van der Waals surface area contributed by atoms with E-state index in [2.05, 4.69) is 0 Å². The first-order valence-electron chi connectivity index (χ1n) is 7.23. The van der Waals surface area contributed by atoms with Crippen molar-refractivity contribution >= 4 is 34.9 Å². The summed E-state index contributed by atoms with van der Waals surface area (Å²) in [6.45, 7) is 1.28. The first-order chi connectivity index (χ1) is 10.6. The Morgan fingerprint density at radius 3 is 2.50 bits per heavy atom. The van der Waals surface area contributed by atoms with E-state index in [-0.39, 0.29) is 23.6 Å². The van der Waals surface area contributed by atoms with Crippen LogP contribution in [0, 0.1) is 0 Å². The largest absolute Gasteiger partial charge is 0.341 e. The Morgan fingerprint density at radius 2 is 1.82 bits per heavy atom. The molecule has 1 aromatic rings. The number of hydrogen-bond donors (Lipinski definition) is 0. The number of amides is 3. The van der Waals surface area contributed by atoms with Crippen LogP contribution in [0.2, 0.25) is 0 Å². The van der Waals surface area contributed by atoms with Crippen molar-refractivity contribution in [3.05, 3.63) is 40.8 Å². The van der Waals surface area contributed by atoms with Gasteiger partial charge in [0.1, 0.15) is 6.54 Å². The summed E-state index contributed by atoms with van der Waals surface area (Å²) in [5.41, 5.74) is 0.860. The summed E-state index contributed by atoms with van der Waals surface area (Å²) in [5.74, 6) is -0.535. The van der Waals surface area contributed by atoms with Gasteiger partial charge < -0.3 is 4.90 Å². The number of imide groups is 1. The highest BCUT2D eigenvalue weighted by Gasteiger charge is 2.37. The first-order valence-corrected chi connectivity index (χ1v) is 8.05. The van der Waals surface area contributed by atoms with E-state index in [1.165, 1.54) is 0 Å². The zero-order chi connectivity index (χ0) is 15.5. The summed E-state index contributed by atoms with van der Waals surface area (Å²) in [6.07, 6.45) is 3.66. The maximum Gasteiger partial charge on any atom is 0.294 e. The van der Waals surface area contributed by atoms with Crippen LogP contribution in [0.4, 0.5) is 4.79 Å². The minimum Gasteiger partial charge on any atom is -0.341 e. The van der Waals surface area contributed by atoms with E-state index in [1.54, 1.807) is 11.0 Å². The van der Waals surface area contributed by atoms with Crippen LogP contribution in [0.15, 0.2) is 35.2 Å². The van der Waals surface area contributed by atoms with Crippen molar-refractivity contribution in [1.29, 1.82) is 0 Å². The maximum absolute atomic E-state index is 12.3. The molecule has 3 amide bonds. The molecule has 0 atom stereocenters. The molecule has 2 aliphatic rings. The van der Waals surface area contributed by atoms with E-state index in [9.17, 15) is 14.4 Å². The van der Waals surface area contributed by atoms with Crippen molar-refractivity contribution in [2.75, 3.05) is 19.6 Å². The van der Waals surface area contributed by atoms with Crippen LogP contribution < -0.4 is 0 Å². The number of benzene rings is 1. The lowest BCUT2D eigenvalue weighted by Crippen LogP contribution is -2.40. The van der Waals surface area contributed by atoms with Crippen LogP contribution in [0.25, 0.3) is 6.08 Å². The van der Waals surface area contributed by atoms with Gasteiger partial charge in [0.05, 0.1) is 4.91 Å². The van der Waals surface area contributed by atoms with Gasteiger partial charge in [0.15, 0.2) is 0 Å². The third-order valence-electron chi connectivity index (χ3n) is 3.72. The van der Waals surface area contributed by atoms with E-state index in [4.69, 9.17) is 0 Å². The molecule has 2 heterocycles. The fraction of sp³-hybridized carbons (Fsp3) is 0.312. The number of rotatable bonds is 3. The molecule has 114 valence electrons. The predicted octanol–water partition coefficient (Wildman–Crippen LogP) is 2.35. The van der Waals surface area contributed by atoms with Gasteiger partial charge in [-0.3, -0.25) is 19.3 Å². The van der Waals surface area contributed by atoms with Crippen molar-refractivity contribution in [3.63, 3.8) is 0 Å². The molecule has 5 nitrogen and oxygen atoms in total. The van der Waals surface area contributed by atoms with Crippen LogP contribution in [0.5, 0.6) is 0 Å². The summed E-state index contributed by atoms with van der Waals surface area (Å²) in [7, 11) is 0. The normalized spacial score (nSPS) is 20.3. The summed E-state index contributed by atoms with van der Waals surface area (Å²) >= 11 is 0.889. The topological polar surface area (TPSA) is 57.7 Å². The molecule has 3 rings (SSSR count). The lowest BCUT2D eigenvalue weighted by Gasteiger charge is -2.18. The molecule has 1 aromatic carbocycles.